The normalized spacial score (nSPS) is 11.8. The Morgan fingerprint density at radius 1 is 1.41 bits per heavy atom. The van der Waals surface area contributed by atoms with Crippen LogP contribution in [-0.4, -0.2) is 15.0 Å². The zero-order valence-electron chi connectivity index (χ0n) is 9.70. The number of rotatable bonds is 5. The summed E-state index contributed by atoms with van der Waals surface area (Å²) in [4.78, 5) is 0. The van der Waals surface area contributed by atoms with Crippen LogP contribution < -0.4 is 15.2 Å². The number of halogens is 1. The standard InChI is InChI=1S/C10H16BrN3O2S/c1-7(2)6-13-17(15,16)14-10-4-3-8(11)5-9(10)12/h3-5,7,13-14H,6,12H2,1-2H3. The number of nitrogens with two attached hydrogens (primary N) is 1. The lowest BCUT2D eigenvalue weighted by atomic mass is 10.2. The first-order valence-corrected chi connectivity index (χ1v) is 7.40. The maximum Gasteiger partial charge on any atom is 0.299 e. The van der Waals surface area contributed by atoms with Gasteiger partial charge in [-0.2, -0.15) is 13.1 Å². The average molecular weight is 322 g/mol. The highest BCUT2D eigenvalue weighted by Crippen LogP contribution is 2.23. The van der Waals surface area contributed by atoms with Crippen LogP contribution in [0.3, 0.4) is 0 Å². The summed E-state index contributed by atoms with van der Waals surface area (Å²) in [7, 11) is -3.56. The van der Waals surface area contributed by atoms with E-state index in [2.05, 4.69) is 25.4 Å². The molecule has 0 aromatic heterocycles. The number of nitrogen functional groups attached to an aromatic ring is 1. The van der Waals surface area contributed by atoms with E-state index in [1.807, 2.05) is 13.8 Å². The lowest BCUT2D eigenvalue weighted by Crippen LogP contribution is -2.33. The van der Waals surface area contributed by atoms with Crippen molar-refractivity contribution < 1.29 is 8.42 Å². The van der Waals surface area contributed by atoms with Crippen LogP contribution in [0.2, 0.25) is 0 Å². The van der Waals surface area contributed by atoms with Crippen LogP contribution >= 0.6 is 15.9 Å². The quantitative estimate of drug-likeness (QED) is 0.724. The Labute approximate surface area is 110 Å². The summed E-state index contributed by atoms with van der Waals surface area (Å²) in [5.41, 5.74) is 6.43. The fraction of sp³-hybridized carbons (Fsp3) is 0.400. The van der Waals surface area contributed by atoms with E-state index in [-0.39, 0.29) is 5.92 Å². The van der Waals surface area contributed by atoms with E-state index in [1.165, 1.54) is 0 Å². The predicted octanol–water partition coefficient (Wildman–Crippen LogP) is 1.93. The van der Waals surface area contributed by atoms with Gasteiger partial charge in [-0.1, -0.05) is 29.8 Å². The molecule has 0 saturated heterocycles. The molecule has 7 heteroatoms. The molecule has 0 unspecified atom stereocenters. The van der Waals surface area contributed by atoms with Gasteiger partial charge in [-0.15, -0.1) is 0 Å². The van der Waals surface area contributed by atoms with E-state index in [0.717, 1.165) is 4.47 Å². The summed E-state index contributed by atoms with van der Waals surface area (Å²) in [5, 5.41) is 0. The molecule has 1 aromatic rings. The summed E-state index contributed by atoms with van der Waals surface area (Å²) < 4.78 is 28.9. The molecule has 96 valence electrons. The van der Waals surface area contributed by atoms with Gasteiger partial charge >= 0.3 is 0 Å². The molecular weight excluding hydrogens is 306 g/mol. The lowest BCUT2D eigenvalue weighted by molar-refractivity contribution is 0.565. The summed E-state index contributed by atoms with van der Waals surface area (Å²) in [6.45, 7) is 4.23. The van der Waals surface area contributed by atoms with Gasteiger partial charge in [-0.25, -0.2) is 0 Å². The van der Waals surface area contributed by atoms with Crippen molar-refractivity contribution in [1.82, 2.24) is 4.72 Å². The highest BCUT2D eigenvalue weighted by atomic mass is 79.9. The fourth-order valence-electron chi connectivity index (χ4n) is 1.08. The van der Waals surface area contributed by atoms with Crippen molar-refractivity contribution in [2.75, 3.05) is 17.0 Å². The molecule has 4 N–H and O–H groups in total. The Hall–Kier alpha value is -0.790. The molecule has 5 nitrogen and oxygen atoms in total. The summed E-state index contributed by atoms with van der Waals surface area (Å²) in [6.07, 6.45) is 0. The van der Waals surface area contributed by atoms with E-state index in [4.69, 9.17) is 5.73 Å². The van der Waals surface area contributed by atoms with Crippen molar-refractivity contribution in [3.63, 3.8) is 0 Å². The number of hydrogen-bond acceptors (Lipinski definition) is 3. The van der Waals surface area contributed by atoms with Gasteiger partial charge in [0.15, 0.2) is 0 Å². The van der Waals surface area contributed by atoms with E-state index in [1.54, 1.807) is 18.2 Å². The Bertz CT molecular complexity index is 488. The van der Waals surface area contributed by atoms with E-state index in [0.29, 0.717) is 17.9 Å². The van der Waals surface area contributed by atoms with E-state index in [9.17, 15) is 8.42 Å². The maximum atomic E-state index is 11.7. The molecule has 0 saturated carbocycles. The van der Waals surface area contributed by atoms with Gasteiger partial charge in [0.1, 0.15) is 0 Å². The third-order valence-corrected chi connectivity index (χ3v) is 3.47. The molecule has 0 fully saturated rings. The van der Waals surface area contributed by atoms with E-state index < -0.39 is 10.2 Å². The molecule has 0 heterocycles. The van der Waals surface area contributed by atoms with E-state index >= 15 is 0 Å². The average Bonchev–Trinajstić information content (AvgIpc) is 2.20. The second-order valence-corrected chi connectivity index (χ2v) is 6.49. The van der Waals surface area contributed by atoms with Crippen LogP contribution in [0.15, 0.2) is 22.7 Å². The Morgan fingerprint density at radius 3 is 2.59 bits per heavy atom. The molecule has 0 spiro atoms. The van der Waals surface area contributed by atoms with Crippen molar-refractivity contribution in [2.45, 2.75) is 13.8 Å². The second kappa shape index (κ2) is 5.70. The van der Waals surface area contributed by atoms with Crippen LogP contribution in [0, 0.1) is 5.92 Å². The van der Waals surface area contributed by atoms with Gasteiger partial charge in [0.2, 0.25) is 0 Å². The highest BCUT2D eigenvalue weighted by molar-refractivity contribution is 9.10. The fourth-order valence-corrected chi connectivity index (χ4v) is 2.56. The summed E-state index contributed by atoms with van der Waals surface area (Å²) >= 11 is 3.25. The largest absolute Gasteiger partial charge is 0.397 e. The Morgan fingerprint density at radius 2 is 2.06 bits per heavy atom. The molecular formula is C10H16BrN3O2S. The second-order valence-electron chi connectivity index (χ2n) is 4.08. The van der Waals surface area contributed by atoms with Gasteiger partial charge in [0.05, 0.1) is 11.4 Å². The van der Waals surface area contributed by atoms with Crippen LogP contribution in [0.1, 0.15) is 13.8 Å². The van der Waals surface area contributed by atoms with Crippen molar-refractivity contribution in [3.8, 4) is 0 Å². The molecule has 0 amide bonds. The van der Waals surface area contributed by atoms with Crippen LogP contribution in [0.5, 0.6) is 0 Å². The van der Waals surface area contributed by atoms with Gasteiger partial charge < -0.3 is 5.73 Å². The minimum absolute atomic E-state index is 0.244. The van der Waals surface area contributed by atoms with Crippen LogP contribution in [0.25, 0.3) is 0 Å². The minimum Gasteiger partial charge on any atom is -0.397 e. The molecule has 1 rings (SSSR count). The highest BCUT2D eigenvalue weighted by Gasteiger charge is 2.11. The Kier molecular flexibility index (Phi) is 4.79. The number of anilines is 2. The third kappa shape index (κ3) is 4.93. The summed E-state index contributed by atoms with van der Waals surface area (Å²) in [6, 6.07) is 4.96. The van der Waals surface area contributed by atoms with Crippen LogP contribution in [0.4, 0.5) is 11.4 Å². The molecule has 0 atom stereocenters. The smallest absolute Gasteiger partial charge is 0.299 e. The predicted molar refractivity (Wildman–Crippen MR) is 73.9 cm³/mol. The van der Waals surface area contributed by atoms with Crippen molar-refractivity contribution in [3.05, 3.63) is 22.7 Å². The molecule has 0 bridgehead atoms. The first kappa shape index (κ1) is 14.3. The maximum absolute atomic E-state index is 11.7. The first-order chi connectivity index (χ1) is 7.80. The summed E-state index contributed by atoms with van der Waals surface area (Å²) in [5.74, 6) is 0.244. The number of nitrogens with one attached hydrogen (secondary N) is 2. The number of benzene rings is 1. The zero-order valence-corrected chi connectivity index (χ0v) is 12.1. The molecule has 0 aliphatic carbocycles. The first-order valence-electron chi connectivity index (χ1n) is 5.12. The Balaban J connectivity index is 2.76. The zero-order chi connectivity index (χ0) is 13.1. The lowest BCUT2D eigenvalue weighted by Gasteiger charge is -2.12. The topological polar surface area (TPSA) is 84.2 Å². The van der Waals surface area contributed by atoms with Gasteiger partial charge in [-0.05, 0) is 24.1 Å². The van der Waals surface area contributed by atoms with Gasteiger partial charge in [0, 0.05) is 11.0 Å². The molecule has 1 aromatic carbocycles. The van der Waals surface area contributed by atoms with Gasteiger partial charge in [0.25, 0.3) is 10.2 Å². The molecule has 0 radical (unpaired) electrons. The van der Waals surface area contributed by atoms with Crippen molar-refractivity contribution in [2.24, 2.45) is 5.92 Å². The van der Waals surface area contributed by atoms with Crippen molar-refractivity contribution >= 4 is 37.5 Å². The SMILES string of the molecule is CC(C)CNS(=O)(=O)Nc1ccc(Br)cc1N. The molecule has 0 aliphatic rings. The van der Waals surface area contributed by atoms with Crippen molar-refractivity contribution in [1.29, 1.82) is 0 Å². The third-order valence-electron chi connectivity index (χ3n) is 1.94. The minimum atomic E-state index is -3.56. The van der Waals surface area contributed by atoms with Gasteiger partial charge in [-0.3, -0.25) is 4.72 Å². The molecule has 0 aliphatic heterocycles. The van der Waals surface area contributed by atoms with Crippen LogP contribution in [-0.2, 0) is 10.2 Å². The molecule has 17 heavy (non-hydrogen) atoms. The monoisotopic (exact) mass is 321 g/mol. The number of hydrogen-bond donors (Lipinski definition) is 3.